The van der Waals surface area contributed by atoms with Gasteiger partial charge in [0.05, 0.1) is 40.1 Å². The molecule has 12 heteroatoms. The van der Waals surface area contributed by atoms with E-state index in [4.69, 9.17) is 48.8 Å². The van der Waals surface area contributed by atoms with Gasteiger partial charge in [-0.2, -0.15) is 0 Å². The van der Waals surface area contributed by atoms with Crippen molar-refractivity contribution in [2.45, 2.75) is 24.5 Å². The van der Waals surface area contributed by atoms with E-state index < -0.39 is 31.3 Å². The van der Waals surface area contributed by atoms with Gasteiger partial charge in [0.15, 0.2) is 0 Å². The maximum absolute atomic E-state index is 12.7. The first-order valence-electron chi connectivity index (χ1n) is 6.64. The Morgan fingerprint density at radius 3 is 2.83 bits per heavy atom. The van der Waals surface area contributed by atoms with E-state index in [2.05, 4.69) is 4.98 Å². The van der Waals surface area contributed by atoms with E-state index in [9.17, 15) is 10.00 Å². The van der Waals surface area contributed by atoms with Gasteiger partial charge in [-0.1, -0.05) is 23.2 Å². The molecule has 0 aliphatic carbocycles. The molecule has 1 aromatic heterocycles. The van der Waals surface area contributed by atoms with Crippen LogP contribution in [0.3, 0.4) is 0 Å². The van der Waals surface area contributed by atoms with E-state index >= 15 is 0 Å². The number of hydrogen-bond donors (Lipinski definition) is 1. The minimum absolute atomic E-state index is 0. The molecule has 0 bridgehead atoms. The van der Waals surface area contributed by atoms with Crippen LogP contribution >= 0.6 is 29.9 Å². The summed E-state index contributed by atoms with van der Waals surface area (Å²) in [5.41, 5.74) is 1.21. The summed E-state index contributed by atoms with van der Waals surface area (Å²) in [6.07, 6.45) is -2.13. The Bertz CT molecular complexity index is 839. The van der Waals surface area contributed by atoms with E-state index in [1.807, 2.05) is 0 Å². The van der Waals surface area contributed by atoms with Gasteiger partial charge in [0, 0.05) is 0 Å². The summed E-state index contributed by atoms with van der Waals surface area (Å²) >= 11 is 16.8. The van der Waals surface area contributed by atoms with Gasteiger partial charge in [-0.05, 0) is 30.0 Å². The zero-order chi connectivity index (χ0) is 16.4. The summed E-state index contributed by atoms with van der Waals surface area (Å²) in [5, 5.41) is 13.4. The molecule has 3 heterocycles. The Kier molecular flexibility index (Phi) is 5.71. The third-order valence-electron chi connectivity index (χ3n) is 3.83. The molecule has 1 unspecified atom stereocenters. The van der Waals surface area contributed by atoms with Crippen molar-refractivity contribution in [2.24, 2.45) is 0 Å². The number of hydrogen-bond acceptors (Lipinski definition) is 6. The monoisotopic (exact) mass is 418 g/mol. The van der Waals surface area contributed by atoms with Gasteiger partial charge in [-0.25, -0.2) is 4.98 Å². The first-order valence-corrected chi connectivity index (χ1v) is 9.99. The topological polar surface area (TPSA) is 88.8 Å². The van der Waals surface area contributed by atoms with Crippen molar-refractivity contribution in [1.29, 1.82) is 0 Å². The van der Waals surface area contributed by atoms with Crippen molar-refractivity contribution in [3.63, 3.8) is 0 Å². The molecule has 5 atom stereocenters. The molecular formula is C12H10Cl2N2NaO5PS. The van der Waals surface area contributed by atoms with Crippen molar-refractivity contribution < 1.29 is 53.3 Å². The molecule has 4 rings (SSSR count). The van der Waals surface area contributed by atoms with Gasteiger partial charge in [-0.15, -0.1) is 0 Å². The Labute approximate surface area is 174 Å². The molecule has 2 fully saturated rings. The average Bonchev–Trinajstić information content (AvgIpc) is 3.01. The van der Waals surface area contributed by atoms with Gasteiger partial charge >= 0.3 is 36.3 Å². The van der Waals surface area contributed by atoms with Crippen LogP contribution in [0.2, 0.25) is 10.0 Å². The van der Waals surface area contributed by atoms with E-state index in [0.29, 0.717) is 21.1 Å². The summed E-state index contributed by atoms with van der Waals surface area (Å²) in [4.78, 5) is 13.9. The largest absolute Gasteiger partial charge is 1.00 e. The molecular weight excluding hydrogens is 409 g/mol. The molecule has 0 saturated carbocycles. The van der Waals surface area contributed by atoms with Crippen molar-refractivity contribution in [2.75, 3.05) is 6.61 Å². The van der Waals surface area contributed by atoms with Gasteiger partial charge in [0.1, 0.15) is 12.3 Å². The predicted molar refractivity (Wildman–Crippen MR) is 84.8 cm³/mol. The SMILES string of the molecule is [Na+].[O-][C@@H]1[C@@H]2OP(O)(=S)OC[C@H]2O[C@H]1n1cnc2cc(Cl)c(Cl)cc21. The van der Waals surface area contributed by atoms with Gasteiger partial charge in [0.2, 0.25) is 0 Å². The minimum atomic E-state index is -3.37. The number of halogens is 2. The van der Waals surface area contributed by atoms with Crippen molar-refractivity contribution in [3.8, 4) is 0 Å². The van der Waals surface area contributed by atoms with Crippen LogP contribution in [0.15, 0.2) is 18.5 Å². The molecule has 1 aromatic carbocycles. The molecule has 24 heavy (non-hydrogen) atoms. The Balaban J connectivity index is 0.00000169. The molecule has 2 aliphatic heterocycles. The van der Waals surface area contributed by atoms with Crippen molar-refractivity contribution in [1.82, 2.24) is 9.55 Å². The molecule has 1 N–H and O–H groups in total. The maximum atomic E-state index is 12.7. The standard InChI is InChI=1S/C12H10Cl2N2O5PS.Na/c13-5-1-7-8(2-6(5)14)16(4-15-7)12-10(17)11-9(20-12)3-19-22(18,23)21-11;/h1-2,4,9-12H,3H2,(H,18,23);/q-1;+1/t9-,10-,11-,12-,22?;/m1./s1. The third-order valence-corrected chi connectivity index (χ3v) is 6.12. The molecule has 0 amide bonds. The second-order valence-electron chi connectivity index (χ2n) is 5.27. The molecule has 0 radical (unpaired) electrons. The second kappa shape index (κ2) is 7.03. The van der Waals surface area contributed by atoms with Crippen LogP contribution in [0.1, 0.15) is 6.23 Å². The Morgan fingerprint density at radius 2 is 2.08 bits per heavy atom. The normalized spacial score (nSPS) is 35.7. The Hall–Kier alpha value is 0.720. The quantitative estimate of drug-likeness (QED) is 0.450. The van der Waals surface area contributed by atoms with Crippen LogP contribution in [-0.2, 0) is 25.6 Å². The maximum Gasteiger partial charge on any atom is 1.00 e. The van der Waals surface area contributed by atoms with Gasteiger partial charge in [0.25, 0.3) is 0 Å². The molecule has 2 saturated heterocycles. The zero-order valence-electron chi connectivity index (χ0n) is 12.3. The fourth-order valence-electron chi connectivity index (χ4n) is 2.77. The summed E-state index contributed by atoms with van der Waals surface area (Å²) in [7, 11) is 0. The van der Waals surface area contributed by atoms with Crippen LogP contribution in [0.5, 0.6) is 0 Å². The first-order chi connectivity index (χ1) is 10.9. The molecule has 0 spiro atoms. The number of rotatable bonds is 1. The summed E-state index contributed by atoms with van der Waals surface area (Å²) in [5.74, 6) is 0. The number of ether oxygens (including phenoxy) is 1. The van der Waals surface area contributed by atoms with E-state index in [1.54, 1.807) is 16.7 Å². The zero-order valence-corrected chi connectivity index (χ0v) is 17.6. The number of aromatic nitrogens is 2. The minimum Gasteiger partial charge on any atom is -0.847 e. The van der Waals surface area contributed by atoms with Crippen LogP contribution in [0, 0.1) is 0 Å². The predicted octanol–water partition coefficient (Wildman–Crippen LogP) is -1.39. The van der Waals surface area contributed by atoms with Crippen LogP contribution < -0.4 is 34.7 Å². The number of benzene rings is 1. The second-order valence-corrected chi connectivity index (χ2v) is 8.88. The number of imidazole rings is 1. The van der Waals surface area contributed by atoms with Crippen LogP contribution in [0.25, 0.3) is 11.0 Å². The summed E-state index contributed by atoms with van der Waals surface area (Å²) in [6.45, 7) is -3.35. The number of nitrogens with zero attached hydrogens (tertiary/aromatic N) is 2. The van der Waals surface area contributed by atoms with Gasteiger partial charge < -0.3 is 28.4 Å². The van der Waals surface area contributed by atoms with E-state index in [-0.39, 0.29) is 36.2 Å². The van der Waals surface area contributed by atoms with E-state index in [1.165, 1.54) is 6.33 Å². The molecule has 7 nitrogen and oxygen atoms in total. The third kappa shape index (κ3) is 3.33. The van der Waals surface area contributed by atoms with Gasteiger partial charge in [-0.3, -0.25) is 0 Å². The molecule has 2 aromatic rings. The van der Waals surface area contributed by atoms with Crippen LogP contribution in [-0.4, -0.2) is 39.4 Å². The molecule has 2 aliphatic rings. The summed E-state index contributed by atoms with van der Waals surface area (Å²) in [6, 6.07) is 3.24. The van der Waals surface area contributed by atoms with Crippen molar-refractivity contribution >= 4 is 52.8 Å². The smallest absolute Gasteiger partial charge is 0.847 e. The number of fused-ring (bicyclic) bond motifs is 2. The Morgan fingerprint density at radius 1 is 1.38 bits per heavy atom. The fourth-order valence-corrected chi connectivity index (χ4v) is 4.53. The van der Waals surface area contributed by atoms with Crippen LogP contribution in [0.4, 0.5) is 0 Å². The average molecular weight is 419 g/mol. The van der Waals surface area contributed by atoms with E-state index in [0.717, 1.165) is 0 Å². The fraction of sp³-hybridized carbons (Fsp3) is 0.417. The first kappa shape index (κ1) is 19.5. The summed E-state index contributed by atoms with van der Waals surface area (Å²) < 4.78 is 17.6. The molecule has 124 valence electrons. The van der Waals surface area contributed by atoms with Crippen molar-refractivity contribution in [3.05, 3.63) is 28.5 Å².